The molecule has 0 fully saturated rings. The first kappa shape index (κ1) is 11.0. The van der Waals surface area contributed by atoms with E-state index in [1.165, 1.54) is 7.11 Å². The number of alkyl halides is 1. The van der Waals surface area contributed by atoms with Gasteiger partial charge < -0.3 is 10.9 Å². The van der Waals surface area contributed by atoms with Crippen LogP contribution in [0.2, 0.25) is 0 Å². The summed E-state index contributed by atoms with van der Waals surface area (Å²) in [4.78, 5) is 10.2. The number of methoxy groups -OCH3 is 1. The van der Waals surface area contributed by atoms with Crippen LogP contribution < -0.4 is 6.15 Å². The monoisotopic (exact) mass is 231 g/mol. The fraction of sp³-hybridized carbons (Fsp3) is 0.750. The predicted molar refractivity (Wildman–Crippen MR) is 40.5 cm³/mol. The molecule has 50 valence electrons. The Morgan fingerprint density at radius 2 is 2.25 bits per heavy atom. The Bertz CT molecular complexity index is 67.1. The standard InChI is InChI=1S/C4H7IO2.H3N/c1-7-4(6)2-3-5;/h2-3H2,1H3;1H3. The molecule has 0 radical (unpaired) electrons. The number of halogens is 1. The summed E-state index contributed by atoms with van der Waals surface area (Å²) >= 11 is 2.13. The van der Waals surface area contributed by atoms with Crippen molar-refractivity contribution in [3.8, 4) is 0 Å². The number of esters is 1. The molecule has 0 spiro atoms. The lowest BCUT2D eigenvalue weighted by Crippen LogP contribution is -1.99. The lowest BCUT2D eigenvalue weighted by atomic mass is 10.5. The highest BCUT2D eigenvalue weighted by Crippen LogP contribution is 1.88. The third kappa shape index (κ3) is 6.16. The molecule has 8 heavy (non-hydrogen) atoms. The van der Waals surface area contributed by atoms with Gasteiger partial charge in [0.05, 0.1) is 13.5 Å². The van der Waals surface area contributed by atoms with Crippen molar-refractivity contribution in [2.75, 3.05) is 11.5 Å². The van der Waals surface area contributed by atoms with Gasteiger partial charge in [-0.25, -0.2) is 0 Å². The Labute approximate surface area is 62.5 Å². The van der Waals surface area contributed by atoms with Gasteiger partial charge >= 0.3 is 5.97 Å². The summed E-state index contributed by atoms with van der Waals surface area (Å²) in [6, 6.07) is 0. The van der Waals surface area contributed by atoms with Crippen LogP contribution in [0.4, 0.5) is 0 Å². The summed E-state index contributed by atoms with van der Waals surface area (Å²) in [6.07, 6.45) is 0.525. The van der Waals surface area contributed by atoms with E-state index < -0.39 is 0 Å². The summed E-state index contributed by atoms with van der Waals surface area (Å²) in [5, 5.41) is 0. The van der Waals surface area contributed by atoms with E-state index in [1.54, 1.807) is 0 Å². The highest BCUT2D eigenvalue weighted by molar-refractivity contribution is 14.1. The molecule has 0 aliphatic carbocycles. The fourth-order valence-corrected chi connectivity index (χ4v) is 0.620. The van der Waals surface area contributed by atoms with Crippen molar-refractivity contribution in [3.63, 3.8) is 0 Å². The summed E-state index contributed by atoms with van der Waals surface area (Å²) in [5.41, 5.74) is 0. The van der Waals surface area contributed by atoms with Gasteiger partial charge in [-0.1, -0.05) is 22.6 Å². The molecule has 0 heterocycles. The molecule has 0 unspecified atom stereocenters. The largest absolute Gasteiger partial charge is 0.469 e. The summed E-state index contributed by atoms with van der Waals surface area (Å²) in [7, 11) is 1.40. The SMILES string of the molecule is COC(=O)CCI.N. The Balaban J connectivity index is 0. The lowest BCUT2D eigenvalue weighted by molar-refractivity contribution is -0.140. The Hall–Kier alpha value is 0.160. The minimum absolute atomic E-state index is 0. The van der Waals surface area contributed by atoms with Gasteiger partial charge in [-0.05, 0) is 0 Å². The first-order valence-electron chi connectivity index (χ1n) is 1.94. The minimum Gasteiger partial charge on any atom is -0.469 e. The Kier molecular flexibility index (Phi) is 9.87. The third-order valence-corrected chi connectivity index (χ3v) is 1.07. The average Bonchev–Trinajstić information content (AvgIpc) is 1.68. The van der Waals surface area contributed by atoms with Crippen molar-refractivity contribution in [1.29, 1.82) is 0 Å². The third-order valence-electron chi connectivity index (χ3n) is 0.526. The summed E-state index contributed by atoms with van der Waals surface area (Å²) in [5.74, 6) is -0.130. The van der Waals surface area contributed by atoms with Crippen LogP contribution in [0.25, 0.3) is 0 Å². The molecule has 0 atom stereocenters. The van der Waals surface area contributed by atoms with E-state index in [0.29, 0.717) is 6.42 Å². The van der Waals surface area contributed by atoms with Gasteiger partial charge in [-0.15, -0.1) is 0 Å². The normalized spacial score (nSPS) is 7.25. The molecule has 0 aliphatic heterocycles. The molecule has 0 rings (SSSR count). The molecule has 0 aromatic rings. The highest BCUT2D eigenvalue weighted by Gasteiger charge is 1.93. The molecular weight excluding hydrogens is 221 g/mol. The van der Waals surface area contributed by atoms with Gasteiger partial charge in [0.25, 0.3) is 0 Å². The van der Waals surface area contributed by atoms with Crippen molar-refractivity contribution < 1.29 is 9.53 Å². The van der Waals surface area contributed by atoms with Crippen LogP contribution in [-0.4, -0.2) is 17.5 Å². The fourth-order valence-electron chi connectivity index (χ4n) is 0.179. The van der Waals surface area contributed by atoms with E-state index in [2.05, 4.69) is 27.3 Å². The molecule has 0 saturated carbocycles. The molecule has 0 amide bonds. The second-order valence-corrected chi connectivity index (χ2v) is 2.09. The summed E-state index contributed by atoms with van der Waals surface area (Å²) in [6.45, 7) is 0. The second kappa shape index (κ2) is 7.16. The number of hydrogen-bond donors (Lipinski definition) is 1. The van der Waals surface area contributed by atoms with E-state index in [1.807, 2.05) is 0 Å². The van der Waals surface area contributed by atoms with E-state index in [0.717, 1.165) is 4.43 Å². The molecule has 0 bridgehead atoms. The quantitative estimate of drug-likeness (QED) is 0.440. The van der Waals surface area contributed by atoms with E-state index in [9.17, 15) is 4.79 Å². The lowest BCUT2D eigenvalue weighted by Gasteiger charge is -1.90. The maximum absolute atomic E-state index is 10.2. The van der Waals surface area contributed by atoms with Crippen molar-refractivity contribution in [1.82, 2.24) is 6.15 Å². The van der Waals surface area contributed by atoms with Gasteiger partial charge in [0, 0.05) is 4.43 Å². The molecular formula is C4H10INO2. The van der Waals surface area contributed by atoms with E-state index >= 15 is 0 Å². The Morgan fingerprint density at radius 3 is 2.38 bits per heavy atom. The van der Waals surface area contributed by atoms with Crippen LogP contribution in [0.5, 0.6) is 0 Å². The van der Waals surface area contributed by atoms with Crippen LogP contribution >= 0.6 is 22.6 Å². The first-order chi connectivity index (χ1) is 3.31. The zero-order valence-electron chi connectivity index (χ0n) is 4.82. The van der Waals surface area contributed by atoms with Crippen LogP contribution in [0.15, 0.2) is 0 Å². The molecule has 0 aromatic carbocycles. The molecule has 4 heteroatoms. The maximum atomic E-state index is 10.2. The number of rotatable bonds is 2. The molecule has 0 saturated heterocycles. The molecule has 3 N–H and O–H groups in total. The average molecular weight is 231 g/mol. The maximum Gasteiger partial charge on any atom is 0.306 e. The number of hydrogen-bond acceptors (Lipinski definition) is 3. The van der Waals surface area contributed by atoms with Gasteiger partial charge in [0.15, 0.2) is 0 Å². The topological polar surface area (TPSA) is 61.3 Å². The molecule has 0 aliphatic rings. The molecule has 3 nitrogen and oxygen atoms in total. The van der Waals surface area contributed by atoms with Gasteiger partial charge in [0.1, 0.15) is 0 Å². The van der Waals surface area contributed by atoms with Crippen molar-refractivity contribution in [3.05, 3.63) is 0 Å². The second-order valence-electron chi connectivity index (χ2n) is 1.02. The summed E-state index contributed by atoms with van der Waals surface area (Å²) < 4.78 is 5.18. The number of carbonyl (C=O) groups excluding carboxylic acids is 1. The van der Waals surface area contributed by atoms with Crippen LogP contribution in [0.3, 0.4) is 0 Å². The van der Waals surface area contributed by atoms with Crippen LogP contribution in [0.1, 0.15) is 6.42 Å². The van der Waals surface area contributed by atoms with Gasteiger partial charge in [0.2, 0.25) is 0 Å². The first-order valence-corrected chi connectivity index (χ1v) is 3.46. The predicted octanol–water partition coefficient (Wildman–Crippen LogP) is 1.15. The van der Waals surface area contributed by atoms with Crippen molar-refractivity contribution in [2.45, 2.75) is 6.42 Å². The zero-order valence-corrected chi connectivity index (χ0v) is 6.97. The Morgan fingerprint density at radius 1 is 1.75 bits per heavy atom. The van der Waals surface area contributed by atoms with Crippen molar-refractivity contribution in [2.24, 2.45) is 0 Å². The zero-order chi connectivity index (χ0) is 5.70. The minimum atomic E-state index is -0.130. The van der Waals surface area contributed by atoms with Crippen molar-refractivity contribution >= 4 is 28.6 Å². The van der Waals surface area contributed by atoms with Gasteiger partial charge in [-0.2, -0.15) is 0 Å². The smallest absolute Gasteiger partial charge is 0.306 e. The number of ether oxygens (including phenoxy) is 1. The van der Waals surface area contributed by atoms with E-state index in [-0.39, 0.29) is 12.1 Å². The van der Waals surface area contributed by atoms with E-state index in [4.69, 9.17) is 0 Å². The van der Waals surface area contributed by atoms with Crippen LogP contribution in [0, 0.1) is 0 Å². The number of carbonyl (C=O) groups is 1. The molecule has 0 aromatic heterocycles. The highest BCUT2D eigenvalue weighted by atomic mass is 127. The van der Waals surface area contributed by atoms with Gasteiger partial charge in [-0.3, -0.25) is 4.79 Å². The van der Waals surface area contributed by atoms with Crippen LogP contribution in [-0.2, 0) is 9.53 Å².